The van der Waals surface area contributed by atoms with Crippen LogP contribution in [-0.4, -0.2) is 38.6 Å². The number of para-hydroxylation sites is 1. The topological polar surface area (TPSA) is 50.8 Å². The number of carbonyl (C=O) groups excluding carboxylic acids is 1. The number of methoxy groups -OCH3 is 2. The quantitative estimate of drug-likeness (QED) is 0.714. The van der Waals surface area contributed by atoms with Crippen molar-refractivity contribution in [3.8, 4) is 11.5 Å². The predicted molar refractivity (Wildman–Crippen MR) is 106 cm³/mol. The van der Waals surface area contributed by atoms with Crippen molar-refractivity contribution in [2.75, 3.05) is 33.1 Å². The van der Waals surface area contributed by atoms with Crippen LogP contribution in [0.4, 0.5) is 5.69 Å². The highest BCUT2D eigenvalue weighted by atomic mass is 35.5. The molecular weight excluding hydrogens is 375 g/mol. The first kappa shape index (κ1) is 20.4. The summed E-state index contributed by atoms with van der Waals surface area (Å²) in [5, 5.41) is 3.76. The monoisotopic (exact) mass is 396 g/mol. The van der Waals surface area contributed by atoms with Crippen molar-refractivity contribution in [3.05, 3.63) is 52.0 Å². The van der Waals surface area contributed by atoms with Gasteiger partial charge in [0.1, 0.15) is 0 Å². The van der Waals surface area contributed by atoms with Gasteiger partial charge in [0.25, 0.3) is 0 Å². The number of anilines is 1. The van der Waals surface area contributed by atoms with E-state index in [2.05, 4.69) is 5.32 Å². The molecule has 0 aliphatic heterocycles. The van der Waals surface area contributed by atoms with Crippen molar-refractivity contribution < 1.29 is 14.3 Å². The normalized spacial score (nSPS) is 10.7. The van der Waals surface area contributed by atoms with Gasteiger partial charge in [0.15, 0.2) is 11.5 Å². The van der Waals surface area contributed by atoms with Crippen LogP contribution in [0.25, 0.3) is 0 Å². The zero-order valence-electron chi connectivity index (χ0n) is 15.0. The van der Waals surface area contributed by atoms with Crippen molar-refractivity contribution >= 4 is 34.8 Å². The molecule has 0 atom stereocenters. The van der Waals surface area contributed by atoms with Gasteiger partial charge in [-0.05, 0) is 31.3 Å². The maximum atomic E-state index is 12.2. The van der Waals surface area contributed by atoms with Gasteiger partial charge in [-0.25, -0.2) is 0 Å². The fraction of sp³-hybridized carbons (Fsp3) is 0.316. The first-order valence-electron chi connectivity index (χ1n) is 8.08. The Morgan fingerprint density at radius 3 is 2.62 bits per heavy atom. The zero-order chi connectivity index (χ0) is 19.1. The molecular formula is C19H22Cl2N2O3. The van der Waals surface area contributed by atoms with E-state index in [-0.39, 0.29) is 5.91 Å². The fourth-order valence-electron chi connectivity index (χ4n) is 2.55. The third-order valence-electron chi connectivity index (χ3n) is 3.85. The maximum Gasteiger partial charge on any atom is 0.225 e. The van der Waals surface area contributed by atoms with Crippen molar-refractivity contribution in [2.24, 2.45) is 0 Å². The van der Waals surface area contributed by atoms with Crippen LogP contribution in [0.2, 0.25) is 10.0 Å². The number of amides is 1. The lowest BCUT2D eigenvalue weighted by atomic mass is 10.1. The minimum absolute atomic E-state index is 0.126. The second kappa shape index (κ2) is 9.67. The molecule has 26 heavy (non-hydrogen) atoms. The average molecular weight is 397 g/mol. The van der Waals surface area contributed by atoms with E-state index >= 15 is 0 Å². The average Bonchev–Trinajstić information content (AvgIpc) is 2.62. The summed E-state index contributed by atoms with van der Waals surface area (Å²) in [5.74, 6) is 1.27. The highest BCUT2D eigenvalue weighted by molar-refractivity contribution is 6.35. The zero-order valence-corrected chi connectivity index (χ0v) is 16.5. The Bertz CT molecular complexity index is 768. The summed E-state index contributed by atoms with van der Waals surface area (Å²) in [6.07, 6.45) is 0.325. The standard InChI is InChI=1S/C19H22Cl2N2O3/c1-23(12-13-5-4-6-17(25-2)19(13)26-3)10-9-18(24)22-16-11-14(20)7-8-15(16)21/h4-8,11H,9-10,12H2,1-3H3,(H,22,24). The molecule has 0 aliphatic carbocycles. The van der Waals surface area contributed by atoms with Crippen molar-refractivity contribution in [1.82, 2.24) is 4.90 Å². The van der Waals surface area contributed by atoms with Gasteiger partial charge in [-0.2, -0.15) is 0 Å². The third-order valence-corrected chi connectivity index (χ3v) is 4.41. The van der Waals surface area contributed by atoms with Crippen molar-refractivity contribution in [1.29, 1.82) is 0 Å². The molecule has 2 aromatic rings. The summed E-state index contributed by atoms with van der Waals surface area (Å²) in [6, 6.07) is 10.7. The van der Waals surface area contributed by atoms with E-state index in [4.69, 9.17) is 32.7 Å². The van der Waals surface area contributed by atoms with Crippen LogP contribution in [0.3, 0.4) is 0 Å². The molecule has 0 fully saturated rings. The predicted octanol–water partition coefficient (Wildman–Crippen LogP) is 4.47. The van der Waals surface area contributed by atoms with Gasteiger partial charge in [-0.1, -0.05) is 35.3 Å². The van der Waals surface area contributed by atoms with E-state index in [1.165, 1.54) is 0 Å². The van der Waals surface area contributed by atoms with Crippen LogP contribution < -0.4 is 14.8 Å². The Hall–Kier alpha value is -1.95. The van der Waals surface area contributed by atoms with E-state index in [9.17, 15) is 4.79 Å². The molecule has 0 radical (unpaired) electrons. The number of carbonyl (C=O) groups is 1. The van der Waals surface area contributed by atoms with Gasteiger partial charge in [-0.3, -0.25) is 4.79 Å². The van der Waals surface area contributed by atoms with Crippen LogP contribution in [0.1, 0.15) is 12.0 Å². The van der Waals surface area contributed by atoms with E-state index in [1.807, 2.05) is 30.1 Å². The molecule has 140 valence electrons. The molecule has 0 bridgehead atoms. The number of halogens is 2. The molecule has 7 heteroatoms. The summed E-state index contributed by atoms with van der Waals surface area (Å²) in [4.78, 5) is 14.2. The van der Waals surface area contributed by atoms with Crippen molar-refractivity contribution in [2.45, 2.75) is 13.0 Å². The fourth-order valence-corrected chi connectivity index (χ4v) is 2.88. The van der Waals surface area contributed by atoms with Crippen LogP contribution >= 0.6 is 23.2 Å². The molecule has 0 saturated carbocycles. The smallest absolute Gasteiger partial charge is 0.225 e. The maximum absolute atomic E-state index is 12.2. The van der Waals surface area contributed by atoms with E-state index in [0.717, 1.165) is 5.56 Å². The lowest BCUT2D eigenvalue weighted by molar-refractivity contribution is -0.116. The molecule has 2 aromatic carbocycles. The van der Waals surface area contributed by atoms with Gasteiger partial charge in [0.05, 0.1) is 24.9 Å². The highest BCUT2D eigenvalue weighted by Crippen LogP contribution is 2.31. The largest absolute Gasteiger partial charge is 0.493 e. The summed E-state index contributed by atoms with van der Waals surface area (Å²) < 4.78 is 10.8. The molecule has 0 aliphatic rings. The molecule has 0 spiro atoms. The molecule has 1 N–H and O–H groups in total. The lowest BCUT2D eigenvalue weighted by Crippen LogP contribution is -2.24. The number of rotatable bonds is 8. The molecule has 0 unspecified atom stereocenters. The Morgan fingerprint density at radius 1 is 1.15 bits per heavy atom. The lowest BCUT2D eigenvalue weighted by Gasteiger charge is -2.19. The van der Waals surface area contributed by atoms with Crippen molar-refractivity contribution in [3.63, 3.8) is 0 Å². The number of ether oxygens (including phenoxy) is 2. The minimum atomic E-state index is -0.126. The number of nitrogens with one attached hydrogen (secondary N) is 1. The molecule has 2 rings (SSSR count). The number of benzene rings is 2. The number of hydrogen-bond acceptors (Lipinski definition) is 4. The van der Waals surface area contributed by atoms with Crippen LogP contribution in [-0.2, 0) is 11.3 Å². The molecule has 0 aromatic heterocycles. The van der Waals surface area contributed by atoms with Crippen LogP contribution in [0, 0.1) is 0 Å². The first-order chi connectivity index (χ1) is 12.4. The second-order valence-electron chi connectivity index (χ2n) is 5.81. The Balaban J connectivity index is 1.91. The minimum Gasteiger partial charge on any atom is -0.493 e. The van der Waals surface area contributed by atoms with Crippen LogP contribution in [0.5, 0.6) is 11.5 Å². The van der Waals surface area contributed by atoms with Gasteiger partial charge in [0.2, 0.25) is 5.91 Å². The highest BCUT2D eigenvalue weighted by Gasteiger charge is 2.13. The van der Waals surface area contributed by atoms with Gasteiger partial charge in [0, 0.05) is 30.1 Å². The SMILES string of the molecule is COc1cccc(CN(C)CCC(=O)Nc2cc(Cl)ccc2Cl)c1OC. The first-order valence-corrected chi connectivity index (χ1v) is 8.83. The summed E-state index contributed by atoms with van der Waals surface area (Å²) in [6.45, 7) is 1.20. The summed E-state index contributed by atoms with van der Waals surface area (Å²) in [5.41, 5.74) is 1.51. The number of hydrogen-bond donors (Lipinski definition) is 1. The Morgan fingerprint density at radius 2 is 1.92 bits per heavy atom. The van der Waals surface area contributed by atoms with E-state index in [0.29, 0.717) is 46.7 Å². The molecule has 0 heterocycles. The molecule has 1 amide bonds. The Labute approximate surface area is 163 Å². The van der Waals surface area contributed by atoms with Crippen LogP contribution in [0.15, 0.2) is 36.4 Å². The molecule has 5 nitrogen and oxygen atoms in total. The summed E-state index contributed by atoms with van der Waals surface area (Å²) >= 11 is 12.0. The van der Waals surface area contributed by atoms with Gasteiger partial charge in [-0.15, -0.1) is 0 Å². The van der Waals surface area contributed by atoms with Gasteiger partial charge >= 0.3 is 0 Å². The molecule has 0 saturated heterocycles. The van der Waals surface area contributed by atoms with E-state index in [1.54, 1.807) is 32.4 Å². The number of nitrogens with zero attached hydrogens (tertiary/aromatic N) is 1. The Kier molecular flexibility index (Phi) is 7.57. The third kappa shape index (κ3) is 5.53. The second-order valence-corrected chi connectivity index (χ2v) is 6.66. The van der Waals surface area contributed by atoms with Gasteiger partial charge < -0.3 is 19.7 Å². The van der Waals surface area contributed by atoms with E-state index < -0.39 is 0 Å². The summed E-state index contributed by atoms with van der Waals surface area (Å²) in [7, 11) is 5.17.